The van der Waals surface area contributed by atoms with Crippen molar-refractivity contribution in [1.29, 1.82) is 5.26 Å². The molecule has 5 nitrogen and oxygen atoms in total. The summed E-state index contributed by atoms with van der Waals surface area (Å²) in [6, 6.07) is 15.0. The molecule has 1 heterocycles. The topological polar surface area (TPSA) is 65.4 Å². The van der Waals surface area contributed by atoms with E-state index in [4.69, 9.17) is 33.2 Å². The highest BCUT2D eigenvalue weighted by atomic mass is 35.5. The Morgan fingerprint density at radius 3 is 2.58 bits per heavy atom. The molecule has 7 heteroatoms. The number of unbranched alkanes of at least 4 members (excludes halogenated alkanes) is 1. The monoisotopic (exact) mass is 453 g/mol. The summed E-state index contributed by atoms with van der Waals surface area (Å²) in [5.41, 5.74) is 3.61. The fourth-order valence-corrected chi connectivity index (χ4v) is 3.81. The molecular formula is C24H21Cl2N3O2. The highest BCUT2D eigenvalue weighted by Crippen LogP contribution is 2.39. The molecule has 0 saturated carbocycles. The zero-order valence-electron chi connectivity index (χ0n) is 17.2. The summed E-state index contributed by atoms with van der Waals surface area (Å²) < 4.78 is 5.22. The van der Waals surface area contributed by atoms with Gasteiger partial charge in [0.2, 0.25) is 0 Å². The van der Waals surface area contributed by atoms with E-state index in [1.165, 1.54) is 0 Å². The van der Waals surface area contributed by atoms with Crippen LogP contribution in [0.25, 0.3) is 0 Å². The van der Waals surface area contributed by atoms with Gasteiger partial charge in [-0.05, 0) is 50.2 Å². The Bertz CT molecular complexity index is 1110. The van der Waals surface area contributed by atoms with Crippen molar-refractivity contribution in [1.82, 2.24) is 5.32 Å². The molecular weight excluding hydrogens is 433 g/mol. The number of esters is 1. The summed E-state index contributed by atoms with van der Waals surface area (Å²) in [6.07, 6.45) is 0.543. The van der Waals surface area contributed by atoms with E-state index < -0.39 is 12.1 Å². The summed E-state index contributed by atoms with van der Waals surface area (Å²) in [7, 11) is 0. The largest absolute Gasteiger partial charge is 0.461 e. The molecule has 0 spiro atoms. The fourth-order valence-electron chi connectivity index (χ4n) is 3.30. The van der Waals surface area contributed by atoms with Crippen molar-refractivity contribution >= 4 is 34.9 Å². The number of carbonyl (C=O) groups excluding carboxylic acids is 1. The van der Waals surface area contributed by atoms with Crippen LogP contribution in [0, 0.1) is 23.2 Å². The Balaban J connectivity index is 1.98. The van der Waals surface area contributed by atoms with Gasteiger partial charge in [-0.2, -0.15) is 5.26 Å². The zero-order chi connectivity index (χ0) is 22.4. The maximum absolute atomic E-state index is 12.5. The van der Waals surface area contributed by atoms with Gasteiger partial charge < -0.3 is 15.0 Å². The minimum absolute atomic E-state index is 0.281. The third kappa shape index (κ3) is 5.14. The van der Waals surface area contributed by atoms with E-state index in [2.05, 4.69) is 23.2 Å². The Kier molecular flexibility index (Phi) is 7.47. The molecule has 158 valence electrons. The Hall–Kier alpha value is -3.12. The molecule has 0 amide bonds. The molecule has 2 aromatic rings. The van der Waals surface area contributed by atoms with Crippen LogP contribution in [0.5, 0.6) is 0 Å². The Labute approximate surface area is 192 Å². The molecule has 3 rings (SSSR count). The van der Waals surface area contributed by atoms with Crippen molar-refractivity contribution in [3.05, 3.63) is 75.0 Å². The first-order chi connectivity index (χ1) is 15.0. The van der Waals surface area contributed by atoms with Crippen LogP contribution in [0.2, 0.25) is 10.0 Å². The molecule has 0 aliphatic carbocycles. The fraction of sp³-hybridized carbons (Fsp3) is 0.250. The molecule has 1 N–H and O–H groups in total. The molecule has 0 fully saturated rings. The quantitative estimate of drug-likeness (QED) is 0.365. The van der Waals surface area contributed by atoms with Gasteiger partial charge in [0.15, 0.2) is 0 Å². The predicted octanol–water partition coefficient (Wildman–Crippen LogP) is 5.55. The van der Waals surface area contributed by atoms with Crippen molar-refractivity contribution in [2.24, 2.45) is 0 Å². The number of halogens is 2. The van der Waals surface area contributed by atoms with Gasteiger partial charge in [-0.1, -0.05) is 41.1 Å². The molecule has 1 aliphatic heterocycles. The Morgan fingerprint density at radius 1 is 1.19 bits per heavy atom. The van der Waals surface area contributed by atoms with Crippen LogP contribution < -0.4 is 10.2 Å². The van der Waals surface area contributed by atoms with Gasteiger partial charge >= 0.3 is 5.97 Å². The zero-order valence-corrected chi connectivity index (χ0v) is 18.7. The van der Waals surface area contributed by atoms with Gasteiger partial charge in [0.05, 0.1) is 12.7 Å². The number of carbonyl (C=O) groups is 1. The molecule has 2 aromatic carbocycles. The minimum atomic E-state index is -0.419. The number of hydrogen-bond acceptors (Lipinski definition) is 5. The average Bonchev–Trinajstić information content (AvgIpc) is 3.09. The molecule has 31 heavy (non-hydrogen) atoms. The number of allylic oxidation sites excluding steroid dienone is 1. The van der Waals surface area contributed by atoms with E-state index >= 15 is 0 Å². The van der Waals surface area contributed by atoms with Crippen molar-refractivity contribution in [2.75, 3.05) is 11.5 Å². The highest BCUT2D eigenvalue weighted by Gasteiger charge is 2.35. The van der Waals surface area contributed by atoms with Crippen molar-refractivity contribution < 1.29 is 9.53 Å². The molecule has 0 saturated heterocycles. The summed E-state index contributed by atoms with van der Waals surface area (Å²) in [4.78, 5) is 14.5. The number of hydrogen-bond donors (Lipinski definition) is 1. The maximum atomic E-state index is 12.5. The molecule has 1 unspecified atom stereocenters. The van der Waals surface area contributed by atoms with Gasteiger partial charge in [-0.3, -0.25) is 0 Å². The van der Waals surface area contributed by atoms with Crippen LogP contribution in [0.15, 0.2) is 53.9 Å². The SMILES string of the molecule is CCOC(=O)C1=C(C)N(c2ccc(C#CCCC#N)cc2)C(c2ccc(Cl)cc2Cl)N1. The number of rotatable bonds is 5. The van der Waals surface area contributed by atoms with Crippen LogP contribution in [-0.4, -0.2) is 12.6 Å². The number of ether oxygens (including phenoxy) is 1. The number of nitrogens with one attached hydrogen (secondary N) is 1. The van der Waals surface area contributed by atoms with Crippen LogP contribution in [0.1, 0.15) is 44.0 Å². The minimum Gasteiger partial charge on any atom is -0.461 e. The van der Waals surface area contributed by atoms with E-state index in [0.29, 0.717) is 28.6 Å². The van der Waals surface area contributed by atoms with Crippen LogP contribution >= 0.6 is 23.2 Å². The second-order valence-electron chi connectivity index (χ2n) is 6.77. The smallest absolute Gasteiger partial charge is 0.356 e. The van der Waals surface area contributed by atoms with Gasteiger partial charge in [0.25, 0.3) is 0 Å². The lowest BCUT2D eigenvalue weighted by molar-refractivity contribution is -0.138. The van der Waals surface area contributed by atoms with Gasteiger partial charge in [0.1, 0.15) is 11.9 Å². The molecule has 1 aliphatic rings. The van der Waals surface area contributed by atoms with E-state index in [1.807, 2.05) is 42.2 Å². The lowest BCUT2D eigenvalue weighted by atomic mass is 10.1. The van der Waals surface area contributed by atoms with Crippen LogP contribution in [-0.2, 0) is 9.53 Å². The van der Waals surface area contributed by atoms with Gasteiger partial charge in [0, 0.05) is 45.4 Å². The predicted molar refractivity (Wildman–Crippen MR) is 122 cm³/mol. The van der Waals surface area contributed by atoms with Crippen LogP contribution in [0.3, 0.4) is 0 Å². The van der Waals surface area contributed by atoms with Crippen LogP contribution in [0.4, 0.5) is 5.69 Å². The first kappa shape index (κ1) is 22.6. The molecule has 0 aromatic heterocycles. The van der Waals surface area contributed by atoms with E-state index in [-0.39, 0.29) is 6.61 Å². The van der Waals surface area contributed by atoms with E-state index in [9.17, 15) is 4.79 Å². The first-order valence-corrected chi connectivity index (χ1v) is 10.6. The summed E-state index contributed by atoms with van der Waals surface area (Å²) in [5.74, 6) is 5.62. The first-order valence-electron chi connectivity index (χ1n) is 9.80. The maximum Gasteiger partial charge on any atom is 0.356 e. The van der Waals surface area contributed by atoms with E-state index in [0.717, 1.165) is 22.5 Å². The number of nitrogens with zero attached hydrogens (tertiary/aromatic N) is 2. The molecule has 0 radical (unpaired) electrons. The summed E-state index contributed by atoms with van der Waals surface area (Å²) >= 11 is 12.6. The van der Waals surface area contributed by atoms with Gasteiger partial charge in [-0.25, -0.2) is 4.79 Å². The highest BCUT2D eigenvalue weighted by molar-refractivity contribution is 6.35. The van der Waals surface area contributed by atoms with E-state index in [1.54, 1.807) is 19.1 Å². The normalized spacial score (nSPS) is 15.1. The third-order valence-electron chi connectivity index (χ3n) is 4.74. The third-order valence-corrected chi connectivity index (χ3v) is 5.30. The van der Waals surface area contributed by atoms with Crippen molar-refractivity contribution in [3.8, 4) is 17.9 Å². The number of nitriles is 1. The number of anilines is 1. The van der Waals surface area contributed by atoms with Crippen molar-refractivity contribution in [3.63, 3.8) is 0 Å². The van der Waals surface area contributed by atoms with Crippen molar-refractivity contribution in [2.45, 2.75) is 32.9 Å². The second kappa shape index (κ2) is 10.3. The molecule has 1 atom stereocenters. The lowest BCUT2D eigenvalue weighted by Gasteiger charge is -2.29. The lowest BCUT2D eigenvalue weighted by Crippen LogP contribution is -2.30. The standard InChI is InChI=1S/C24H21Cl2N3O2/c1-3-31-24(30)22-16(2)29(23(28-22)20-13-10-18(25)15-21(20)26)19-11-8-17(9-12-19)7-5-4-6-14-27/h8-13,15,23,28H,3-4,6H2,1-2H3. The Morgan fingerprint density at radius 2 is 1.94 bits per heavy atom. The average molecular weight is 454 g/mol. The summed E-state index contributed by atoms with van der Waals surface area (Å²) in [5, 5.41) is 12.9. The summed E-state index contributed by atoms with van der Waals surface area (Å²) in [6.45, 7) is 3.91. The molecule has 0 bridgehead atoms. The number of benzene rings is 2. The second-order valence-corrected chi connectivity index (χ2v) is 7.61. The van der Waals surface area contributed by atoms with Gasteiger partial charge in [-0.15, -0.1) is 0 Å².